The second-order valence-corrected chi connectivity index (χ2v) is 6.84. The van der Waals surface area contributed by atoms with Crippen LogP contribution in [0.25, 0.3) is 0 Å². The van der Waals surface area contributed by atoms with Gasteiger partial charge in [-0.3, -0.25) is 9.78 Å². The maximum atomic E-state index is 12.6. The van der Waals surface area contributed by atoms with Crippen LogP contribution in [0.2, 0.25) is 0 Å². The van der Waals surface area contributed by atoms with Gasteiger partial charge in [0.25, 0.3) is 5.91 Å². The van der Waals surface area contributed by atoms with Gasteiger partial charge >= 0.3 is 6.18 Å². The van der Waals surface area contributed by atoms with Crippen molar-refractivity contribution in [2.45, 2.75) is 25.7 Å². The first-order valence-corrected chi connectivity index (χ1v) is 9.06. The van der Waals surface area contributed by atoms with Gasteiger partial charge in [-0.1, -0.05) is 12.1 Å². The number of nitrogens with zero attached hydrogens (tertiary/aromatic N) is 3. The zero-order chi connectivity index (χ0) is 20.4. The van der Waals surface area contributed by atoms with Gasteiger partial charge in [0.05, 0.1) is 23.1 Å². The van der Waals surface area contributed by atoms with Gasteiger partial charge in [0.1, 0.15) is 0 Å². The fourth-order valence-corrected chi connectivity index (χ4v) is 3.18. The zero-order valence-electron chi connectivity index (χ0n) is 15.3. The number of anilines is 1. The van der Waals surface area contributed by atoms with E-state index in [0.717, 1.165) is 36.4 Å². The van der Waals surface area contributed by atoms with Crippen molar-refractivity contribution in [1.29, 1.82) is 0 Å². The first kappa shape index (κ1) is 19.1. The number of aromatic nitrogens is 3. The van der Waals surface area contributed by atoms with Crippen LogP contribution >= 0.6 is 0 Å². The van der Waals surface area contributed by atoms with Gasteiger partial charge in [0, 0.05) is 25.5 Å². The molecular formula is C20H18F3N5O. The Hall–Kier alpha value is -3.20. The molecule has 0 saturated carbocycles. The number of alkyl halides is 3. The van der Waals surface area contributed by atoms with Gasteiger partial charge < -0.3 is 15.2 Å². The highest BCUT2D eigenvalue weighted by Gasteiger charge is 2.29. The molecule has 0 aliphatic carbocycles. The molecule has 3 aromatic rings. The highest BCUT2D eigenvalue weighted by molar-refractivity contribution is 6.03. The number of halogens is 3. The Kier molecular flexibility index (Phi) is 5.06. The highest BCUT2D eigenvalue weighted by atomic mass is 19.4. The fourth-order valence-electron chi connectivity index (χ4n) is 3.18. The minimum Gasteiger partial charge on any atom is -0.331 e. The Bertz CT molecular complexity index is 1030. The Morgan fingerprint density at radius 2 is 2.00 bits per heavy atom. The molecule has 9 heteroatoms. The molecule has 0 atom stereocenters. The lowest BCUT2D eigenvalue weighted by Gasteiger charge is -2.16. The van der Waals surface area contributed by atoms with Crippen molar-refractivity contribution in [3.05, 3.63) is 77.0 Å². The van der Waals surface area contributed by atoms with E-state index in [1.807, 2.05) is 6.07 Å². The normalized spacial score (nSPS) is 13.8. The fraction of sp³-hybridized carbons (Fsp3) is 0.250. The van der Waals surface area contributed by atoms with Crippen molar-refractivity contribution >= 4 is 11.7 Å². The molecule has 1 aliphatic rings. The van der Waals surface area contributed by atoms with Crippen molar-refractivity contribution in [3.8, 4) is 0 Å². The molecule has 1 aromatic carbocycles. The number of carbonyl (C=O) groups excluding carboxylic acids is 1. The number of hydrogen-bond acceptors (Lipinski definition) is 4. The van der Waals surface area contributed by atoms with Crippen LogP contribution < -0.4 is 10.6 Å². The maximum absolute atomic E-state index is 12.6. The average Bonchev–Trinajstić information content (AvgIpc) is 3.14. The molecule has 0 radical (unpaired) electrons. The molecule has 0 unspecified atom stereocenters. The lowest BCUT2D eigenvalue weighted by molar-refractivity contribution is -0.137. The molecule has 0 bridgehead atoms. The summed E-state index contributed by atoms with van der Waals surface area (Å²) in [5.74, 6) is 0.0555. The van der Waals surface area contributed by atoms with Crippen LogP contribution in [0.1, 0.15) is 32.7 Å². The molecule has 4 rings (SSSR count). The van der Waals surface area contributed by atoms with Crippen LogP contribution in [0, 0.1) is 0 Å². The predicted octanol–water partition coefficient (Wildman–Crippen LogP) is 3.24. The van der Waals surface area contributed by atoms with E-state index in [2.05, 4.69) is 20.6 Å². The summed E-state index contributed by atoms with van der Waals surface area (Å²) in [7, 11) is 0. The zero-order valence-corrected chi connectivity index (χ0v) is 15.3. The van der Waals surface area contributed by atoms with E-state index in [1.54, 1.807) is 17.0 Å². The summed E-state index contributed by atoms with van der Waals surface area (Å²) in [5, 5.41) is 5.96. The molecule has 29 heavy (non-hydrogen) atoms. The maximum Gasteiger partial charge on any atom is 0.416 e. The molecule has 1 amide bonds. The predicted molar refractivity (Wildman–Crippen MR) is 100 cm³/mol. The summed E-state index contributed by atoms with van der Waals surface area (Å²) in [6, 6.07) is 6.79. The van der Waals surface area contributed by atoms with Gasteiger partial charge in [-0.25, -0.2) is 4.98 Å². The number of benzene rings is 1. The number of carbonyl (C=O) groups is 1. The summed E-state index contributed by atoms with van der Waals surface area (Å²) in [6.07, 6.45) is 1.16. The molecule has 2 N–H and O–H groups in total. The number of hydrogen-bond donors (Lipinski definition) is 2. The third-order valence-electron chi connectivity index (χ3n) is 4.71. The number of pyridine rings is 1. The second kappa shape index (κ2) is 7.67. The first-order chi connectivity index (χ1) is 13.9. The summed E-state index contributed by atoms with van der Waals surface area (Å²) < 4.78 is 39.6. The van der Waals surface area contributed by atoms with Crippen LogP contribution in [0.3, 0.4) is 0 Å². The van der Waals surface area contributed by atoms with Crippen LogP contribution in [-0.4, -0.2) is 27.0 Å². The Balaban J connectivity index is 1.41. The lowest BCUT2D eigenvalue weighted by Crippen LogP contribution is -2.25. The number of amides is 1. The third-order valence-corrected chi connectivity index (χ3v) is 4.71. The molecular weight excluding hydrogens is 383 g/mol. The topological polar surface area (TPSA) is 71.8 Å². The third kappa shape index (κ3) is 4.45. The van der Waals surface area contributed by atoms with Gasteiger partial charge in [-0.15, -0.1) is 0 Å². The van der Waals surface area contributed by atoms with E-state index in [-0.39, 0.29) is 5.91 Å². The molecule has 2 aromatic heterocycles. The van der Waals surface area contributed by atoms with Crippen molar-refractivity contribution < 1.29 is 18.0 Å². The van der Waals surface area contributed by atoms with E-state index in [1.165, 1.54) is 18.5 Å². The number of nitrogens with one attached hydrogen (secondary N) is 2. The second-order valence-electron chi connectivity index (χ2n) is 6.84. The Morgan fingerprint density at radius 3 is 2.76 bits per heavy atom. The lowest BCUT2D eigenvalue weighted by atomic mass is 10.0. The minimum atomic E-state index is -4.35. The van der Waals surface area contributed by atoms with Crippen LogP contribution in [0.5, 0.6) is 0 Å². The highest BCUT2D eigenvalue weighted by Crippen LogP contribution is 2.29. The van der Waals surface area contributed by atoms with Crippen molar-refractivity contribution in [2.75, 3.05) is 11.9 Å². The number of imidazole rings is 1. The summed E-state index contributed by atoms with van der Waals surface area (Å²) in [4.78, 5) is 21.0. The van der Waals surface area contributed by atoms with E-state index < -0.39 is 11.7 Å². The largest absolute Gasteiger partial charge is 0.416 e. The molecule has 3 heterocycles. The minimum absolute atomic E-state index is 0.307. The van der Waals surface area contributed by atoms with E-state index in [0.29, 0.717) is 30.0 Å². The van der Waals surface area contributed by atoms with Crippen molar-refractivity contribution in [1.82, 2.24) is 19.9 Å². The molecule has 6 nitrogen and oxygen atoms in total. The van der Waals surface area contributed by atoms with Crippen LogP contribution in [-0.2, 0) is 25.7 Å². The molecule has 0 saturated heterocycles. The molecule has 1 aliphatic heterocycles. The quantitative estimate of drug-likeness (QED) is 0.704. The van der Waals surface area contributed by atoms with Gasteiger partial charge in [0.2, 0.25) is 0 Å². The van der Waals surface area contributed by atoms with Crippen molar-refractivity contribution in [2.24, 2.45) is 0 Å². The standard InChI is InChI=1S/C20H18F3N5O/c21-20(22,23)16-3-1-13(2-4-16)10-28-11-18(26-12-28)27-19(29)15-7-14-5-6-24-9-17(14)25-8-15/h1-4,7-8,11-12,24H,5-6,9-10H2,(H,27,29). The summed E-state index contributed by atoms with van der Waals surface area (Å²) >= 11 is 0. The van der Waals surface area contributed by atoms with E-state index >= 15 is 0 Å². The smallest absolute Gasteiger partial charge is 0.331 e. The van der Waals surface area contributed by atoms with Crippen LogP contribution in [0.15, 0.2) is 49.1 Å². The number of rotatable bonds is 4. The average molecular weight is 401 g/mol. The molecule has 0 fully saturated rings. The summed E-state index contributed by atoms with van der Waals surface area (Å²) in [6.45, 7) is 1.90. The van der Waals surface area contributed by atoms with E-state index in [9.17, 15) is 18.0 Å². The SMILES string of the molecule is O=C(Nc1cn(Cc2ccc(C(F)(F)F)cc2)cn1)c1cnc2c(c1)CCNC2. The number of fused-ring (bicyclic) bond motifs is 1. The van der Waals surface area contributed by atoms with Gasteiger partial charge in [-0.05, 0) is 42.3 Å². The Labute approximate surface area is 164 Å². The Morgan fingerprint density at radius 1 is 1.21 bits per heavy atom. The van der Waals surface area contributed by atoms with Crippen molar-refractivity contribution in [3.63, 3.8) is 0 Å². The molecule has 0 spiro atoms. The van der Waals surface area contributed by atoms with Gasteiger partial charge in [0.15, 0.2) is 5.82 Å². The van der Waals surface area contributed by atoms with E-state index in [4.69, 9.17) is 0 Å². The summed E-state index contributed by atoms with van der Waals surface area (Å²) in [5.41, 5.74) is 2.48. The van der Waals surface area contributed by atoms with Crippen LogP contribution in [0.4, 0.5) is 19.0 Å². The van der Waals surface area contributed by atoms with Gasteiger partial charge in [-0.2, -0.15) is 13.2 Å². The molecule has 150 valence electrons. The first-order valence-electron chi connectivity index (χ1n) is 9.06. The monoisotopic (exact) mass is 401 g/mol.